The molecule has 3 nitrogen and oxygen atoms in total. The summed E-state index contributed by atoms with van der Waals surface area (Å²) in [4.78, 5) is 4.28. The van der Waals surface area contributed by atoms with Gasteiger partial charge in [0.05, 0.1) is 6.61 Å². The van der Waals surface area contributed by atoms with Crippen molar-refractivity contribution in [1.29, 1.82) is 0 Å². The van der Waals surface area contributed by atoms with Gasteiger partial charge in [0.25, 0.3) is 0 Å². The molecule has 1 aliphatic carbocycles. The summed E-state index contributed by atoms with van der Waals surface area (Å²) < 4.78 is 5.80. The topological polar surface area (TPSA) is 34.2 Å². The van der Waals surface area contributed by atoms with Crippen LogP contribution in [0.5, 0.6) is 5.88 Å². The number of nitrogens with one attached hydrogen (secondary N) is 1. The van der Waals surface area contributed by atoms with Crippen LogP contribution in [0.2, 0.25) is 0 Å². The van der Waals surface area contributed by atoms with E-state index in [-0.39, 0.29) is 0 Å². The lowest BCUT2D eigenvalue weighted by Crippen LogP contribution is -2.21. The fraction of sp³-hybridized carbons (Fsp3) is 0.667. The maximum absolute atomic E-state index is 5.80. The highest BCUT2D eigenvalue weighted by atomic mass is 16.5. The van der Waals surface area contributed by atoms with Gasteiger partial charge in [0, 0.05) is 24.8 Å². The molecule has 0 aromatic carbocycles. The summed E-state index contributed by atoms with van der Waals surface area (Å²) in [6, 6.07) is 4.59. The van der Waals surface area contributed by atoms with E-state index < -0.39 is 0 Å². The van der Waals surface area contributed by atoms with E-state index in [0.29, 0.717) is 6.04 Å². The first-order valence-corrected chi connectivity index (χ1v) is 7.05. The van der Waals surface area contributed by atoms with Crippen LogP contribution in [0.3, 0.4) is 0 Å². The van der Waals surface area contributed by atoms with Crippen molar-refractivity contribution in [3.63, 3.8) is 0 Å². The summed E-state index contributed by atoms with van der Waals surface area (Å²) in [7, 11) is 0. The van der Waals surface area contributed by atoms with Gasteiger partial charge in [0.15, 0.2) is 0 Å². The van der Waals surface area contributed by atoms with Crippen molar-refractivity contribution < 1.29 is 4.74 Å². The molecule has 100 valence electrons. The number of hydrogen-bond donors (Lipinski definition) is 1. The summed E-state index contributed by atoms with van der Waals surface area (Å²) in [6.07, 6.45) is 7.18. The quantitative estimate of drug-likeness (QED) is 0.839. The van der Waals surface area contributed by atoms with Crippen LogP contribution in [0.25, 0.3) is 0 Å². The SMILES string of the molecule is CC(C)NCc1ccnc(OCC2CCCC2)c1. The van der Waals surface area contributed by atoms with E-state index in [1.165, 1.54) is 31.2 Å². The predicted molar refractivity (Wildman–Crippen MR) is 73.7 cm³/mol. The minimum Gasteiger partial charge on any atom is -0.477 e. The van der Waals surface area contributed by atoms with Gasteiger partial charge in [-0.1, -0.05) is 26.7 Å². The van der Waals surface area contributed by atoms with Gasteiger partial charge in [0.1, 0.15) is 0 Å². The van der Waals surface area contributed by atoms with Crippen molar-refractivity contribution in [2.75, 3.05) is 6.61 Å². The number of nitrogens with zero attached hydrogens (tertiary/aromatic N) is 1. The zero-order valence-electron chi connectivity index (χ0n) is 11.5. The van der Waals surface area contributed by atoms with E-state index in [0.717, 1.165) is 24.9 Å². The fourth-order valence-corrected chi connectivity index (χ4v) is 2.34. The van der Waals surface area contributed by atoms with Crippen molar-refractivity contribution >= 4 is 0 Å². The Labute approximate surface area is 110 Å². The molecule has 1 fully saturated rings. The first-order chi connectivity index (χ1) is 8.74. The zero-order chi connectivity index (χ0) is 12.8. The molecule has 1 N–H and O–H groups in total. The van der Waals surface area contributed by atoms with Crippen LogP contribution in [0.15, 0.2) is 18.3 Å². The molecule has 1 aromatic heterocycles. The first kappa shape index (κ1) is 13.3. The first-order valence-electron chi connectivity index (χ1n) is 7.05. The van der Waals surface area contributed by atoms with Crippen molar-refractivity contribution in [3.05, 3.63) is 23.9 Å². The molecule has 0 unspecified atom stereocenters. The standard InChI is InChI=1S/C15H24N2O/c1-12(2)17-10-14-7-8-16-15(9-14)18-11-13-5-3-4-6-13/h7-9,12-13,17H,3-6,10-11H2,1-2H3. The molecule has 1 heterocycles. The third-order valence-corrected chi connectivity index (χ3v) is 3.46. The Morgan fingerprint density at radius 1 is 1.39 bits per heavy atom. The Morgan fingerprint density at radius 2 is 2.17 bits per heavy atom. The zero-order valence-corrected chi connectivity index (χ0v) is 11.5. The molecule has 3 heteroatoms. The Hall–Kier alpha value is -1.09. The number of hydrogen-bond acceptors (Lipinski definition) is 3. The van der Waals surface area contributed by atoms with E-state index in [1.54, 1.807) is 0 Å². The van der Waals surface area contributed by atoms with Crippen LogP contribution < -0.4 is 10.1 Å². The Balaban J connectivity index is 1.82. The summed E-state index contributed by atoms with van der Waals surface area (Å²) in [5.74, 6) is 1.51. The molecule has 0 bridgehead atoms. The molecule has 1 aliphatic rings. The highest BCUT2D eigenvalue weighted by Gasteiger charge is 2.15. The van der Waals surface area contributed by atoms with Gasteiger partial charge in [-0.25, -0.2) is 4.98 Å². The second kappa shape index (κ2) is 6.74. The van der Waals surface area contributed by atoms with E-state index >= 15 is 0 Å². The molecule has 0 radical (unpaired) electrons. The molecule has 0 spiro atoms. The third kappa shape index (κ3) is 4.30. The lowest BCUT2D eigenvalue weighted by Gasteiger charge is -2.12. The minimum absolute atomic E-state index is 0.501. The van der Waals surface area contributed by atoms with Gasteiger partial charge in [-0.15, -0.1) is 0 Å². The number of aromatic nitrogens is 1. The minimum atomic E-state index is 0.501. The van der Waals surface area contributed by atoms with Crippen LogP contribution in [0, 0.1) is 5.92 Å². The van der Waals surface area contributed by atoms with Crippen LogP contribution >= 0.6 is 0 Å². The average molecular weight is 248 g/mol. The molecule has 0 amide bonds. The summed E-state index contributed by atoms with van der Waals surface area (Å²) in [5, 5.41) is 3.40. The molecular weight excluding hydrogens is 224 g/mol. The van der Waals surface area contributed by atoms with E-state index in [1.807, 2.05) is 18.3 Å². The molecule has 0 aliphatic heterocycles. The van der Waals surface area contributed by atoms with Gasteiger partial charge in [-0.05, 0) is 30.4 Å². The van der Waals surface area contributed by atoms with Crippen molar-refractivity contribution in [2.24, 2.45) is 5.92 Å². The van der Waals surface area contributed by atoms with Gasteiger partial charge >= 0.3 is 0 Å². The molecule has 18 heavy (non-hydrogen) atoms. The van der Waals surface area contributed by atoms with Gasteiger partial charge in [0.2, 0.25) is 5.88 Å². The highest BCUT2D eigenvalue weighted by molar-refractivity contribution is 5.20. The smallest absolute Gasteiger partial charge is 0.213 e. The lowest BCUT2D eigenvalue weighted by atomic mass is 10.1. The van der Waals surface area contributed by atoms with Gasteiger partial charge in [-0.2, -0.15) is 0 Å². The third-order valence-electron chi connectivity index (χ3n) is 3.46. The summed E-state index contributed by atoms with van der Waals surface area (Å²) in [6.45, 7) is 6.01. The number of ether oxygens (including phenoxy) is 1. The van der Waals surface area contributed by atoms with Crippen molar-refractivity contribution in [1.82, 2.24) is 10.3 Å². The van der Waals surface area contributed by atoms with Crippen LogP contribution in [-0.4, -0.2) is 17.6 Å². The van der Waals surface area contributed by atoms with Gasteiger partial charge in [-0.3, -0.25) is 0 Å². The molecule has 0 saturated heterocycles. The summed E-state index contributed by atoms with van der Waals surface area (Å²) in [5.41, 5.74) is 1.24. The molecule has 0 atom stereocenters. The van der Waals surface area contributed by atoms with Crippen LogP contribution in [0.4, 0.5) is 0 Å². The predicted octanol–water partition coefficient (Wildman–Crippen LogP) is 3.15. The van der Waals surface area contributed by atoms with Crippen molar-refractivity contribution in [3.8, 4) is 5.88 Å². The van der Waals surface area contributed by atoms with Crippen LogP contribution in [-0.2, 0) is 6.54 Å². The van der Waals surface area contributed by atoms with E-state index in [4.69, 9.17) is 4.74 Å². The molecule has 1 aromatic rings. The molecule has 1 saturated carbocycles. The normalized spacial score (nSPS) is 16.4. The Kier molecular flexibility index (Phi) is 5.00. The van der Waals surface area contributed by atoms with Gasteiger partial charge < -0.3 is 10.1 Å². The Bertz CT molecular complexity index is 359. The highest BCUT2D eigenvalue weighted by Crippen LogP contribution is 2.25. The second-order valence-electron chi connectivity index (χ2n) is 5.50. The average Bonchev–Trinajstić information content (AvgIpc) is 2.87. The fourth-order valence-electron chi connectivity index (χ4n) is 2.34. The molecule has 2 rings (SSSR count). The Morgan fingerprint density at radius 3 is 2.89 bits per heavy atom. The second-order valence-corrected chi connectivity index (χ2v) is 5.50. The van der Waals surface area contributed by atoms with Crippen LogP contribution in [0.1, 0.15) is 45.1 Å². The number of pyridine rings is 1. The maximum atomic E-state index is 5.80. The largest absolute Gasteiger partial charge is 0.477 e. The van der Waals surface area contributed by atoms with Crippen molar-refractivity contribution in [2.45, 2.75) is 52.1 Å². The summed E-state index contributed by atoms with van der Waals surface area (Å²) >= 11 is 0. The number of rotatable bonds is 6. The van der Waals surface area contributed by atoms with E-state index in [2.05, 4.69) is 24.1 Å². The monoisotopic (exact) mass is 248 g/mol. The maximum Gasteiger partial charge on any atom is 0.213 e. The molecular formula is C15H24N2O. The lowest BCUT2D eigenvalue weighted by molar-refractivity contribution is 0.243. The van der Waals surface area contributed by atoms with E-state index in [9.17, 15) is 0 Å².